The van der Waals surface area contributed by atoms with Crippen molar-refractivity contribution >= 4 is 28.2 Å². The number of likely N-dealkylation sites (tertiary alicyclic amines) is 2. The molecular formula is C35H43FN6O3. The van der Waals surface area contributed by atoms with E-state index in [2.05, 4.69) is 35.8 Å². The lowest BCUT2D eigenvalue weighted by Gasteiger charge is -2.32. The highest BCUT2D eigenvalue weighted by Gasteiger charge is 2.31. The van der Waals surface area contributed by atoms with Gasteiger partial charge in [0.25, 0.3) is 5.91 Å². The number of hydrogen-bond donors (Lipinski definition) is 1. The Morgan fingerprint density at radius 2 is 1.87 bits per heavy atom. The van der Waals surface area contributed by atoms with Gasteiger partial charge in [0.2, 0.25) is 5.91 Å². The lowest BCUT2D eigenvalue weighted by Crippen LogP contribution is -2.50. The molecule has 3 aromatic heterocycles. The van der Waals surface area contributed by atoms with Crippen molar-refractivity contribution in [3.63, 3.8) is 0 Å². The number of pyridine rings is 1. The van der Waals surface area contributed by atoms with E-state index in [-0.39, 0.29) is 37.4 Å². The number of carbonyl (C=O) groups is 2. The molecule has 1 saturated carbocycles. The third kappa shape index (κ3) is 5.86. The highest BCUT2D eigenvalue weighted by atomic mass is 19.1. The van der Waals surface area contributed by atoms with Crippen LogP contribution in [0, 0.1) is 12.8 Å². The predicted molar refractivity (Wildman–Crippen MR) is 172 cm³/mol. The van der Waals surface area contributed by atoms with Gasteiger partial charge in [-0.25, -0.2) is 8.91 Å². The maximum absolute atomic E-state index is 14.2. The molecule has 1 aromatic carbocycles. The Kier molecular flexibility index (Phi) is 8.12. The smallest absolute Gasteiger partial charge is 0.255 e. The van der Waals surface area contributed by atoms with Gasteiger partial charge in [0, 0.05) is 56.0 Å². The van der Waals surface area contributed by atoms with E-state index in [4.69, 9.17) is 15.6 Å². The SMILES string of the molecule is CCOCC(=O)N1CCC(c2cccc3cc(-c4nn5cc(C(=O)N6C[C@H](N)C[C@@H](F)C6)ccc5c4C)n(CC4CC4)c23)CC1. The van der Waals surface area contributed by atoms with Crippen molar-refractivity contribution in [2.24, 2.45) is 11.7 Å². The van der Waals surface area contributed by atoms with Gasteiger partial charge in [0.15, 0.2) is 0 Å². The van der Waals surface area contributed by atoms with Crippen molar-refractivity contribution in [3.8, 4) is 11.4 Å². The van der Waals surface area contributed by atoms with Crippen molar-refractivity contribution in [2.45, 2.75) is 70.6 Å². The molecule has 2 N–H and O–H groups in total. The number of fused-ring (bicyclic) bond motifs is 2. The highest BCUT2D eigenvalue weighted by Crippen LogP contribution is 2.41. The van der Waals surface area contributed by atoms with E-state index < -0.39 is 6.17 Å². The minimum Gasteiger partial charge on any atom is -0.372 e. The van der Waals surface area contributed by atoms with Gasteiger partial charge in [-0.1, -0.05) is 18.2 Å². The lowest BCUT2D eigenvalue weighted by atomic mass is 9.88. The number of nitrogens with zero attached hydrogens (tertiary/aromatic N) is 5. The Balaban J connectivity index is 1.22. The second-order valence-electron chi connectivity index (χ2n) is 13.2. The average molecular weight is 615 g/mol. The number of para-hydroxylation sites is 1. The van der Waals surface area contributed by atoms with Gasteiger partial charge in [-0.15, -0.1) is 0 Å². The number of piperidine rings is 2. The number of nitrogens with two attached hydrogens (primary N) is 1. The predicted octanol–water partition coefficient (Wildman–Crippen LogP) is 4.93. The fourth-order valence-corrected chi connectivity index (χ4v) is 7.31. The second-order valence-corrected chi connectivity index (χ2v) is 13.2. The summed E-state index contributed by atoms with van der Waals surface area (Å²) in [6.07, 6.45) is 5.27. The zero-order chi connectivity index (χ0) is 31.2. The molecule has 3 fully saturated rings. The largest absolute Gasteiger partial charge is 0.372 e. The van der Waals surface area contributed by atoms with Crippen LogP contribution >= 0.6 is 0 Å². The van der Waals surface area contributed by atoms with Crippen molar-refractivity contribution < 1.29 is 18.7 Å². The molecule has 0 bridgehead atoms. The van der Waals surface area contributed by atoms with Crippen LogP contribution in [-0.4, -0.2) is 87.4 Å². The first-order valence-corrected chi connectivity index (χ1v) is 16.5. The number of hydrogen-bond acceptors (Lipinski definition) is 5. The molecule has 2 atom stereocenters. The maximum Gasteiger partial charge on any atom is 0.255 e. The van der Waals surface area contributed by atoms with E-state index >= 15 is 0 Å². The first-order chi connectivity index (χ1) is 21.8. The Hall–Kier alpha value is -3.76. The molecule has 2 amide bonds. The number of benzene rings is 1. The van der Waals surface area contributed by atoms with E-state index in [1.54, 1.807) is 10.7 Å². The topological polar surface area (TPSA) is 98.1 Å². The first kappa shape index (κ1) is 29.9. The molecule has 9 nitrogen and oxygen atoms in total. The van der Waals surface area contributed by atoms with Gasteiger partial charge in [0.1, 0.15) is 18.5 Å². The van der Waals surface area contributed by atoms with Gasteiger partial charge >= 0.3 is 0 Å². The number of alkyl halides is 1. The van der Waals surface area contributed by atoms with Crippen molar-refractivity contribution in [3.05, 3.63) is 59.3 Å². The van der Waals surface area contributed by atoms with Gasteiger partial charge < -0.3 is 24.8 Å². The monoisotopic (exact) mass is 614 g/mol. The molecule has 1 aliphatic carbocycles. The average Bonchev–Trinajstić information content (AvgIpc) is 3.71. The molecule has 3 aliphatic rings. The molecule has 2 saturated heterocycles. The number of carbonyl (C=O) groups excluding carboxylic acids is 2. The summed E-state index contributed by atoms with van der Waals surface area (Å²) in [5, 5.41) is 6.25. The number of ether oxygens (including phenoxy) is 1. The minimum atomic E-state index is -1.10. The molecule has 2 aliphatic heterocycles. The molecule has 45 heavy (non-hydrogen) atoms. The van der Waals surface area contributed by atoms with E-state index in [1.165, 1.54) is 34.2 Å². The minimum absolute atomic E-state index is 0.0696. The Morgan fingerprint density at radius 3 is 2.60 bits per heavy atom. The summed E-state index contributed by atoms with van der Waals surface area (Å²) in [5.41, 5.74) is 13.1. The highest BCUT2D eigenvalue weighted by molar-refractivity contribution is 5.95. The molecule has 7 rings (SSSR count). The van der Waals surface area contributed by atoms with Gasteiger partial charge in [-0.2, -0.15) is 5.10 Å². The fourth-order valence-electron chi connectivity index (χ4n) is 7.31. The molecule has 4 aromatic rings. The Morgan fingerprint density at radius 1 is 1.07 bits per heavy atom. The number of halogens is 1. The van der Waals surface area contributed by atoms with Gasteiger partial charge in [-0.3, -0.25) is 9.59 Å². The van der Waals surface area contributed by atoms with E-state index in [1.807, 2.05) is 24.0 Å². The third-order valence-corrected chi connectivity index (χ3v) is 9.89. The van der Waals surface area contributed by atoms with Crippen molar-refractivity contribution in [1.29, 1.82) is 0 Å². The van der Waals surface area contributed by atoms with Gasteiger partial charge in [0.05, 0.1) is 28.8 Å². The second kappa shape index (κ2) is 12.2. The zero-order valence-electron chi connectivity index (χ0n) is 26.3. The van der Waals surface area contributed by atoms with Crippen LogP contribution in [0.15, 0.2) is 42.6 Å². The summed E-state index contributed by atoms with van der Waals surface area (Å²) in [6.45, 7) is 7.55. The Bertz CT molecular complexity index is 1720. The summed E-state index contributed by atoms with van der Waals surface area (Å²) in [6, 6.07) is 12.3. The standard InChI is InChI=1S/C35H43FN6O3/c1-3-45-21-32(43)39-13-11-24(12-14-39)29-6-4-5-25-15-31(41(34(25)29)17-23-7-8-23)33-22(2)30-10-9-26(18-42(30)38-33)35(44)40-19-27(36)16-28(37)20-40/h4-6,9-10,15,18,23-24,27-28H,3,7-8,11-14,16-17,19-21,37H2,1-2H3/t27-,28-/m1/s1. The summed E-state index contributed by atoms with van der Waals surface area (Å²) < 4.78 is 23.8. The molecule has 238 valence electrons. The third-order valence-electron chi connectivity index (χ3n) is 9.89. The molecule has 10 heteroatoms. The molecule has 0 radical (unpaired) electrons. The molecule has 0 unspecified atom stereocenters. The van der Waals surface area contributed by atoms with E-state index in [0.717, 1.165) is 54.9 Å². The molecule has 5 heterocycles. The quantitative estimate of drug-likeness (QED) is 0.304. The lowest BCUT2D eigenvalue weighted by molar-refractivity contribution is -0.137. The zero-order valence-corrected chi connectivity index (χ0v) is 26.3. The number of amides is 2. The van der Waals surface area contributed by atoms with Crippen LogP contribution in [0.1, 0.15) is 66.4 Å². The van der Waals surface area contributed by atoms with E-state index in [0.29, 0.717) is 30.6 Å². The van der Waals surface area contributed by atoms with Crippen LogP contribution < -0.4 is 5.73 Å². The Labute approximate surface area is 263 Å². The van der Waals surface area contributed by atoms with Crippen molar-refractivity contribution in [1.82, 2.24) is 24.0 Å². The van der Waals surface area contributed by atoms with Gasteiger partial charge in [-0.05, 0) is 81.5 Å². The van der Waals surface area contributed by atoms with Crippen molar-refractivity contribution in [2.75, 3.05) is 39.4 Å². The summed E-state index contributed by atoms with van der Waals surface area (Å²) in [4.78, 5) is 29.4. The van der Waals surface area contributed by atoms with Crippen LogP contribution in [0.3, 0.4) is 0 Å². The summed E-state index contributed by atoms with van der Waals surface area (Å²) in [5.74, 6) is 0.879. The van der Waals surface area contributed by atoms with Crippen LogP contribution in [0.5, 0.6) is 0 Å². The number of aryl methyl sites for hydroxylation is 1. The summed E-state index contributed by atoms with van der Waals surface area (Å²) >= 11 is 0. The normalized spacial score (nSPS) is 21.2. The van der Waals surface area contributed by atoms with Crippen LogP contribution in [-0.2, 0) is 16.1 Å². The van der Waals surface area contributed by atoms with Crippen LogP contribution in [0.2, 0.25) is 0 Å². The first-order valence-electron chi connectivity index (χ1n) is 16.5. The summed E-state index contributed by atoms with van der Waals surface area (Å²) in [7, 11) is 0. The number of aromatic nitrogens is 3. The molecular weight excluding hydrogens is 571 g/mol. The molecule has 0 spiro atoms. The maximum atomic E-state index is 14.2. The van der Waals surface area contributed by atoms with Crippen LogP contribution in [0.4, 0.5) is 4.39 Å². The van der Waals surface area contributed by atoms with Crippen LogP contribution in [0.25, 0.3) is 27.8 Å². The fraction of sp³-hybridized carbons (Fsp3) is 0.514. The number of rotatable bonds is 8. The van der Waals surface area contributed by atoms with E-state index in [9.17, 15) is 14.0 Å².